The number of hydrogen-bond donors (Lipinski definition) is 2. The average molecular weight is 281 g/mol. The van der Waals surface area contributed by atoms with Gasteiger partial charge in [0.05, 0.1) is 10.6 Å². The van der Waals surface area contributed by atoms with E-state index in [0.29, 0.717) is 13.0 Å². The fourth-order valence-corrected chi connectivity index (χ4v) is 1.44. The van der Waals surface area contributed by atoms with Crippen molar-refractivity contribution >= 4 is 29.9 Å². The van der Waals surface area contributed by atoms with Crippen LogP contribution in [0.2, 0.25) is 5.02 Å². The van der Waals surface area contributed by atoms with Gasteiger partial charge in [0.15, 0.2) is 0 Å². The SMILES string of the molecule is CC(N)CCNC(=O)c1ccc(F)cc1Cl.Cl. The van der Waals surface area contributed by atoms with Crippen LogP contribution in [0.4, 0.5) is 4.39 Å². The van der Waals surface area contributed by atoms with Crippen molar-refractivity contribution in [3.05, 3.63) is 34.6 Å². The van der Waals surface area contributed by atoms with Crippen LogP contribution in [-0.2, 0) is 0 Å². The van der Waals surface area contributed by atoms with Gasteiger partial charge in [0.1, 0.15) is 5.82 Å². The van der Waals surface area contributed by atoms with Crippen LogP contribution in [0.15, 0.2) is 18.2 Å². The van der Waals surface area contributed by atoms with Crippen molar-refractivity contribution in [2.45, 2.75) is 19.4 Å². The second-order valence-electron chi connectivity index (χ2n) is 3.65. The number of rotatable bonds is 4. The van der Waals surface area contributed by atoms with E-state index < -0.39 is 5.82 Å². The van der Waals surface area contributed by atoms with Crippen LogP contribution in [0.3, 0.4) is 0 Å². The zero-order valence-electron chi connectivity index (χ0n) is 9.37. The average Bonchev–Trinajstić information content (AvgIpc) is 2.16. The number of nitrogens with two attached hydrogens (primary N) is 1. The second kappa shape index (κ2) is 7.48. The quantitative estimate of drug-likeness (QED) is 0.890. The Morgan fingerprint density at radius 1 is 1.59 bits per heavy atom. The Bertz CT molecular complexity index is 386. The normalized spacial score (nSPS) is 11.5. The maximum atomic E-state index is 12.7. The van der Waals surface area contributed by atoms with Crippen molar-refractivity contribution in [2.24, 2.45) is 5.73 Å². The molecule has 1 unspecified atom stereocenters. The minimum atomic E-state index is -0.461. The third-order valence-corrected chi connectivity index (χ3v) is 2.37. The van der Waals surface area contributed by atoms with Crippen molar-refractivity contribution in [1.82, 2.24) is 5.32 Å². The topological polar surface area (TPSA) is 55.1 Å². The highest BCUT2D eigenvalue weighted by Crippen LogP contribution is 2.16. The Kier molecular flexibility index (Phi) is 7.11. The fourth-order valence-electron chi connectivity index (χ4n) is 1.18. The van der Waals surface area contributed by atoms with Crippen molar-refractivity contribution in [1.29, 1.82) is 0 Å². The van der Waals surface area contributed by atoms with E-state index in [9.17, 15) is 9.18 Å². The van der Waals surface area contributed by atoms with E-state index in [-0.39, 0.29) is 34.9 Å². The van der Waals surface area contributed by atoms with Crippen LogP contribution in [0.25, 0.3) is 0 Å². The molecular formula is C11H15Cl2FN2O. The molecule has 0 bridgehead atoms. The van der Waals surface area contributed by atoms with Gasteiger partial charge in [-0.3, -0.25) is 4.79 Å². The Labute approximate surface area is 111 Å². The van der Waals surface area contributed by atoms with Crippen molar-refractivity contribution in [2.75, 3.05) is 6.54 Å². The van der Waals surface area contributed by atoms with E-state index >= 15 is 0 Å². The Morgan fingerprint density at radius 3 is 2.76 bits per heavy atom. The molecule has 6 heteroatoms. The Hall–Kier alpha value is -0.840. The monoisotopic (exact) mass is 280 g/mol. The summed E-state index contributed by atoms with van der Waals surface area (Å²) in [4.78, 5) is 11.6. The largest absolute Gasteiger partial charge is 0.352 e. The molecule has 0 saturated heterocycles. The van der Waals surface area contributed by atoms with Gasteiger partial charge in [-0.25, -0.2) is 4.39 Å². The first-order chi connectivity index (χ1) is 7.50. The first-order valence-electron chi connectivity index (χ1n) is 4.99. The number of carbonyl (C=O) groups is 1. The van der Waals surface area contributed by atoms with Gasteiger partial charge in [0.25, 0.3) is 5.91 Å². The predicted molar refractivity (Wildman–Crippen MR) is 69.3 cm³/mol. The zero-order chi connectivity index (χ0) is 12.1. The molecule has 0 aromatic heterocycles. The maximum Gasteiger partial charge on any atom is 0.252 e. The molecule has 0 aliphatic rings. The molecule has 3 nitrogen and oxygen atoms in total. The lowest BCUT2D eigenvalue weighted by Crippen LogP contribution is -2.29. The van der Waals surface area contributed by atoms with Crippen molar-refractivity contribution < 1.29 is 9.18 Å². The first kappa shape index (κ1) is 16.2. The molecular weight excluding hydrogens is 266 g/mol. The second-order valence-corrected chi connectivity index (χ2v) is 4.05. The third kappa shape index (κ3) is 5.35. The molecule has 1 aromatic rings. The number of benzene rings is 1. The van der Waals surface area contributed by atoms with Crippen LogP contribution in [0.1, 0.15) is 23.7 Å². The number of hydrogen-bond acceptors (Lipinski definition) is 2. The molecule has 0 heterocycles. The molecule has 0 spiro atoms. The molecule has 17 heavy (non-hydrogen) atoms. The fraction of sp³-hybridized carbons (Fsp3) is 0.364. The van der Waals surface area contributed by atoms with Crippen molar-refractivity contribution in [3.63, 3.8) is 0 Å². The molecule has 0 saturated carbocycles. The summed E-state index contributed by atoms with van der Waals surface area (Å²) in [6.45, 7) is 2.33. The van der Waals surface area contributed by atoms with E-state index in [1.165, 1.54) is 12.1 Å². The molecule has 0 fully saturated rings. The summed E-state index contributed by atoms with van der Waals surface area (Å²) in [5.74, 6) is -0.775. The van der Waals surface area contributed by atoms with E-state index in [4.69, 9.17) is 17.3 Å². The summed E-state index contributed by atoms with van der Waals surface area (Å²) < 4.78 is 12.7. The van der Waals surface area contributed by atoms with E-state index in [1.54, 1.807) is 0 Å². The van der Waals surface area contributed by atoms with Gasteiger partial charge in [-0.15, -0.1) is 12.4 Å². The lowest BCUT2D eigenvalue weighted by molar-refractivity contribution is 0.0953. The van der Waals surface area contributed by atoms with Gasteiger partial charge in [0, 0.05) is 12.6 Å². The van der Waals surface area contributed by atoms with Gasteiger partial charge < -0.3 is 11.1 Å². The smallest absolute Gasteiger partial charge is 0.252 e. The van der Waals surface area contributed by atoms with E-state index in [2.05, 4.69) is 5.32 Å². The van der Waals surface area contributed by atoms with Gasteiger partial charge >= 0.3 is 0 Å². The molecule has 0 aliphatic carbocycles. The minimum Gasteiger partial charge on any atom is -0.352 e. The van der Waals surface area contributed by atoms with Crippen LogP contribution in [0, 0.1) is 5.82 Å². The highest BCUT2D eigenvalue weighted by Gasteiger charge is 2.10. The number of halogens is 3. The molecule has 1 atom stereocenters. The highest BCUT2D eigenvalue weighted by molar-refractivity contribution is 6.33. The van der Waals surface area contributed by atoms with Gasteiger partial charge in [-0.05, 0) is 31.5 Å². The standard InChI is InChI=1S/C11H14ClFN2O.ClH/c1-7(14)4-5-15-11(16)9-3-2-8(13)6-10(9)12;/h2-3,6-7H,4-5,14H2,1H3,(H,15,16);1H. The molecule has 0 aliphatic heterocycles. The molecule has 3 N–H and O–H groups in total. The first-order valence-corrected chi connectivity index (χ1v) is 5.37. The zero-order valence-corrected chi connectivity index (χ0v) is 10.9. The summed E-state index contributed by atoms with van der Waals surface area (Å²) in [5, 5.41) is 2.77. The summed E-state index contributed by atoms with van der Waals surface area (Å²) >= 11 is 5.74. The van der Waals surface area contributed by atoms with E-state index in [0.717, 1.165) is 6.07 Å². The van der Waals surface area contributed by atoms with Gasteiger partial charge in [-0.2, -0.15) is 0 Å². The van der Waals surface area contributed by atoms with Crippen LogP contribution >= 0.6 is 24.0 Å². The molecule has 1 amide bonds. The highest BCUT2D eigenvalue weighted by atomic mass is 35.5. The van der Waals surface area contributed by atoms with Gasteiger partial charge in [0.2, 0.25) is 0 Å². The molecule has 96 valence electrons. The Balaban J connectivity index is 0.00000256. The van der Waals surface area contributed by atoms with Crippen LogP contribution in [0.5, 0.6) is 0 Å². The van der Waals surface area contributed by atoms with E-state index in [1.807, 2.05) is 6.92 Å². The summed E-state index contributed by atoms with van der Waals surface area (Å²) in [7, 11) is 0. The molecule has 1 rings (SSSR count). The lowest BCUT2D eigenvalue weighted by atomic mass is 10.2. The van der Waals surface area contributed by atoms with Crippen LogP contribution in [-0.4, -0.2) is 18.5 Å². The molecule has 0 radical (unpaired) electrons. The lowest BCUT2D eigenvalue weighted by Gasteiger charge is -2.08. The maximum absolute atomic E-state index is 12.7. The van der Waals surface area contributed by atoms with Gasteiger partial charge in [-0.1, -0.05) is 11.6 Å². The Morgan fingerprint density at radius 2 is 2.24 bits per heavy atom. The molecule has 1 aromatic carbocycles. The number of nitrogens with one attached hydrogen (secondary N) is 1. The minimum absolute atomic E-state index is 0. The summed E-state index contributed by atoms with van der Waals surface area (Å²) in [6, 6.07) is 3.71. The predicted octanol–water partition coefficient (Wildman–Crippen LogP) is 2.37. The third-order valence-electron chi connectivity index (χ3n) is 2.06. The number of amides is 1. The number of carbonyl (C=O) groups excluding carboxylic acids is 1. The summed E-state index contributed by atoms with van der Waals surface area (Å²) in [5.41, 5.74) is 5.81. The summed E-state index contributed by atoms with van der Waals surface area (Å²) in [6.07, 6.45) is 0.685. The van der Waals surface area contributed by atoms with Crippen molar-refractivity contribution in [3.8, 4) is 0 Å². The van der Waals surface area contributed by atoms with Crippen LogP contribution < -0.4 is 11.1 Å².